The molecule has 0 unspecified atom stereocenters. The lowest BCUT2D eigenvalue weighted by molar-refractivity contribution is -0.135. The van der Waals surface area contributed by atoms with Gasteiger partial charge in [-0.1, -0.05) is 0 Å². The van der Waals surface area contributed by atoms with Gasteiger partial charge in [0.25, 0.3) is 0 Å². The molecule has 0 spiro atoms. The van der Waals surface area contributed by atoms with Crippen molar-refractivity contribution in [2.24, 2.45) is 5.92 Å². The first kappa shape index (κ1) is 11.4. The fraction of sp³-hybridized carbons (Fsp3) is 0.818. The van der Waals surface area contributed by atoms with Crippen LogP contribution >= 0.6 is 0 Å². The van der Waals surface area contributed by atoms with Crippen LogP contribution in [0.4, 0.5) is 0 Å². The number of hydrogen-bond acceptors (Lipinski definition) is 3. The molecular formula is C11H18N2O3. The predicted octanol–water partition coefficient (Wildman–Crippen LogP) is -0.504. The van der Waals surface area contributed by atoms with E-state index in [9.17, 15) is 9.59 Å². The normalized spacial score (nSPS) is 26.9. The average molecular weight is 226 g/mol. The number of carbonyl (C=O) groups is 2. The number of likely N-dealkylation sites (tertiary alicyclic amines) is 1. The highest BCUT2D eigenvalue weighted by Gasteiger charge is 2.32. The maximum atomic E-state index is 12.0. The zero-order valence-electron chi connectivity index (χ0n) is 9.32. The number of nitrogens with one attached hydrogen (secondary N) is 1. The molecule has 0 aromatic rings. The van der Waals surface area contributed by atoms with Crippen LogP contribution < -0.4 is 5.32 Å². The van der Waals surface area contributed by atoms with Crippen molar-refractivity contribution in [2.45, 2.75) is 31.7 Å². The van der Waals surface area contributed by atoms with E-state index < -0.39 is 0 Å². The summed E-state index contributed by atoms with van der Waals surface area (Å²) in [6.07, 6.45) is 2.81. The number of piperidine rings is 1. The molecule has 2 heterocycles. The van der Waals surface area contributed by atoms with Gasteiger partial charge < -0.3 is 15.3 Å². The van der Waals surface area contributed by atoms with Crippen LogP contribution in [0.3, 0.4) is 0 Å². The van der Waals surface area contributed by atoms with Gasteiger partial charge in [-0.05, 0) is 25.2 Å². The SMILES string of the molecule is O=C1CC[C@H](C(=O)N2CCC(CO)CC2)N1. The van der Waals surface area contributed by atoms with Crippen LogP contribution in [0.25, 0.3) is 0 Å². The van der Waals surface area contributed by atoms with E-state index in [1.54, 1.807) is 0 Å². The van der Waals surface area contributed by atoms with Gasteiger partial charge in [0.15, 0.2) is 0 Å². The van der Waals surface area contributed by atoms with Crippen molar-refractivity contribution in [1.29, 1.82) is 0 Å². The second-order valence-corrected chi connectivity index (χ2v) is 4.61. The molecule has 2 fully saturated rings. The number of aliphatic hydroxyl groups is 1. The third-order valence-corrected chi connectivity index (χ3v) is 3.48. The highest BCUT2D eigenvalue weighted by atomic mass is 16.3. The van der Waals surface area contributed by atoms with E-state index in [0.29, 0.717) is 31.8 Å². The summed E-state index contributed by atoms with van der Waals surface area (Å²) in [4.78, 5) is 24.8. The van der Waals surface area contributed by atoms with Crippen LogP contribution in [0.15, 0.2) is 0 Å². The second kappa shape index (κ2) is 4.82. The number of rotatable bonds is 2. The van der Waals surface area contributed by atoms with Gasteiger partial charge in [-0.3, -0.25) is 9.59 Å². The van der Waals surface area contributed by atoms with Gasteiger partial charge in [-0.15, -0.1) is 0 Å². The molecule has 2 saturated heterocycles. The Kier molecular flexibility index (Phi) is 3.43. The van der Waals surface area contributed by atoms with Crippen LogP contribution in [-0.4, -0.2) is 47.6 Å². The Morgan fingerprint density at radius 1 is 1.38 bits per heavy atom. The first-order valence-corrected chi connectivity index (χ1v) is 5.89. The summed E-state index contributed by atoms with van der Waals surface area (Å²) in [5.74, 6) is 0.355. The Bertz CT molecular complexity index is 285. The van der Waals surface area contributed by atoms with E-state index >= 15 is 0 Å². The summed E-state index contributed by atoms with van der Waals surface area (Å²) >= 11 is 0. The minimum atomic E-state index is -0.307. The van der Waals surface area contributed by atoms with Crippen LogP contribution in [-0.2, 0) is 9.59 Å². The molecule has 5 nitrogen and oxygen atoms in total. The molecule has 0 aliphatic carbocycles. The number of amides is 2. The second-order valence-electron chi connectivity index (χ2n) is 4.61. The van der Waals surface area contributed by atoms with Gasteiger partial charge in [0, 0.05) is 26.1 Å². The summed E-state index contributed by atoms with van der Waals surface area (Å²) in [5, 5.41) is 11.7. The van der Waals surface area contributed by atoms with Gasteiger partial charge >= 0.3 is 0 Å². The summed E-state index contributed by atoms with van der Waals surface area (Å²) in [6.45, 7) is 1.62. The van der Waals surface area contributed by atoms with Crippen LogP contribution in [0, 0.1) is 5.92 Å². The van der Waals surface area contributed by atoms with Gasteiger partial charge in [0.2, 0.25) is 11.8 Å². The van der Waals surface area contributed by atoms with Crippen LogP contribution in [0.1, 0.15) is 25.7 Å². The first-order chi connectivity index (χ1) is 7.70. The fourth-order valence-corrected chi connectivity index (χ4v) is 2.36. The molecule has 0 aromatic heterocycles. The van der Waals surface area contributed by atoms with Gasteiger partial charge in [-0.2, -0.15) is 0 Å². The van der Waals surface area contributed by atoms with Crippen molar-refractivity contribution in [3.63, 3.8) is 0 Å². The largest absolute Gasteiger partial charge is 0.396 e. The Labute approximate surface area is 94.8 Å². The summed E-state index contributed by atoms with van der Waals surface area (Å²) < 4.78 is 0. The van der Waals surface area contributed by atoms with Crippen molar-refractivity contribution in [3.05, 3.63) is 0 Å². The van der Waals surface area contributed by atoms with E-state index in [2.05, 4.69) is 5.32 Å². The summed E-state index contributed by atoms with van der Waals surface area (Å²) in [6, 6.07) is -0.307. The fourth-order valence-electron chi connectivity index (χ4n) is 2.36. The molecule has 2 aliphatic heterocycles. The minimum absolute atomic E-state index is 0.0244. The Morgan fingerprint density at radius 2 is 2.06 bits per heavy atom. The Balaban J connectivity index is 1.84. The van der Waals surface area contributed by atoms with Crippen LogP contribution in [0.5, 0.6) is 0 Å². The average Bonchev–Trinajstić information content (AvgIpc) is 2.75. The standard InChI is InChI=1S/C11H18N2O3/c14-7-8-3-5-13(6-4-8)11(16)9-1-2-10(15)12-9/h8-9,14H,1-7H2,(H,12,15)/t9-/m1/s1. The van der Waals surface area contributed by atoms with E-state index in [1.165, 1.54) is 0 Å². The number of carbonyl (C=O) groups excluding carboxylic acids is 2. The molecule has 2 N–H and O–H groups in total. The zero-order chi connectivity index (χ0) is 11.5. The number of nitrogens with zero attached hydrogens (tertiary/aromatic N) is 1. The Morgan fingerprint density at radius 3 is 2.56 bits per heavy atom. The third-order valence-electron chi connectivity index (χ3n) is 3.48. The lowest BCUT2D eigenvalue weighted by Gasteiger charge is -2.32. The van der Waals surface area contributed by atoms with Gasteiger partial charge in [0.05, 0.1) is 0 Å². The molecule has 0 bridgehead atoms. The first-order valence-electron chi connectivity index (χ1n) is 5.89. The molecule has 16 heavy (non-hydrogen) atoms. The van der Waals surface area contributed by atoms with Crippen molar-refractivity contribution < 1.29 is 14.7 Å². The molecule has 1 atom stereocenters. The zero-order valence-corrected chi connectivity index (χ0v) is 9.32. The topological polar surface area (TPSA) is 69.6 Å². The molecule has 0 aromatic carbocycles. The molecule has 2 aliphatic rings. The molecule has 90 valence electrons. The smallest absolute Gasteiger partial charge is 0.245 e. The lowest BCUT2D eigenvalue weighted by Crippen LogP contribution is -2.47. The number of aliphatic hydroxyl groups excluding tert-OH is 1. The van der Waals surface area contributed by atoms with Crippen LogP contribution in [0.2, 0.25) is 0 Å². The molecule has 5 heteroatoms. The van der Waals surface area contributed by atoms with E-state index in [-0.39, 0.29) is 24.5 Å². The highest BCUT2D eigenvalue weighted by Crippen LogP contribution is 2.18. The van der Waals surface area contributed by atoms with Crippen molar-refractivity contribution in [1.82, 2.24) is 10.2 Å². The number of hydrogen-bond donors (Lipinski definition) is 2. The maximum absolute atomic E-state index is 12.0. The lowest BCUT2D eigenvalue weighted by atomic mass is 9.97. The molecule has 2 rings (SSSR count). The van der Waals surface area contributed by atoms with Crippen molar-refractivity contribution >= 4 is 11.8 Å². The van der Waals surface area contributed by atoms with E-state index in [4.69, 9.17) is 5.11 Å². The maximum Gasteiger partial charge on any atom is 0.245 e. The predicted molar refractivity (Wildman–Crippen MR) is 57.6 cm³/mol. The summed E-state index contributed by atoms with van der Waals surface area (Å²) in [7, 11) is 0. The van der Waals surface area contributed by atoms with Gasteiger partial charge in [-0.25, -0.2) is 0 Å². The molecule has 0 radical (unpaired) electrons. The van der Waals surface area contributed by atoms with Gasteiger partial charge in [0.1, 0.15) is 6.04 Å². The molecule has 2 amide bonds. The minimum Gasteiger partial charge on any atom is -0.396 e. The quantitative estimate of drug-likeness (QED) is 0.666. The highest BCUT2D eigenvalue weighted by molar-refractivity contribution is 5.90. The molecule has 0 saturated carbocycles. The summed E-state index contributed by atoms with van der Waals surface area (Å²) in [5.41, 5.74) is 0. The molecular weight excluding hydrogens is 208 g/mol. The Hall–Kier alpha value is -1.10. The third kappa shape index (κ3) is 2.35. The van der Waals surface area contributed by atoms with E-state index in [1.807, 2.05) is 4.90 Å². The van der Waals surface area contributed by atoms with E-state index in [0.717, 1.165) is 12.8 Å². The monoisotopic (exact) mass is 226 g/mol. The van der Waals surface area contributed by atoms with Crippen molar-refractivity contribution in [3.8, 4) is 0 Å². The van der Waals surface area contributed by atoms with Crippen molar-refractivity contribution in [2.75, 3.05) is 19.7 Å².